The molecule has 5 rings (SSSR count). The molecular formula is C22H21NO4. The zero-order valence-electron chi connectivity index (χ0n) is 15.2. The van der Waals surface area contributed by atoms with Gasteiger partial charge in [-0.15, -0.1) is 0 Å². The highest BCUT2D eigenvalue weighted by molar-refractivity contribution is 5.99. The number of carbonyl (C=O) groups excluding carboxylic acids is 1. The molecule has 1 saturated carbocycles. The molecule has 2 aromatic carbocycles. The maximum Gasteiger partial charge on any atom is 0.287 e. The van der Waals surface area contributed by atoms with Crippen LogP contribution in [0.15, 0.2) is 46.9 Å². The number of benzene rings is 2. The summed E-state index contributed by atoms with van der Waals surface area (Å²) in [6.07, 6.45) is 2.22. The van der Waals surface area contributed by atoms with E-state index < -0.39 is 0 Å². The lowest BCUT2D eigenvalue weighted by Gasteiger charge is -2.23. The molecule has 0 spiro atoms. The molecule has 138 valence electrons. The van der Waals surface area contributed by atoms with Crippen LogP contribution in [-0.4, -0.2) is 19.1 Å². The monoisotopic (exact) mass is 363 g/mol. The summed E-state index contributed by atoms with van der Waals surface area (Å²) < 4.78 is 17.1. The van der Waals surface area contributed by atoms with Gasteiger partial charge in [-0.05, 0) is 49.4 Å². The molecule has 2 aliphatic rings. The molecule has 3 aromatic rings. The van der Waals surface area contributed by atoms with Crippen molar-refractivity contribution < 1.29 is 18.7 Å². The van der Waals surface area contributed by atoms with E-state index in [9.17, 15) is 4.79 Å². The van der Waals surface area contributed by atoms with Gasteiger partial charge in [-0.1, -0.05) is 24.3 Å². The van der Waals surface area contributed by atoms with Gasteiger partial charge >= 0.3 is 0 Å². The molecule has 2 heterocycles. The summed E-state index contributed by atoms with van der Waals surface area (Å²) in [5, 5.41) is 4.17. The summed E-state index contributed by atoms with van der Waals surface area (Å²) in [7, 11) is 0. The van der Waals surface area contributed by atoms with E-state index in [1.807, 2.05) is 49.4 Å². The number of aryl methyl sites for hydroxylation is 1. The topological polar surface area (TPSA) is 60.7 Å². The van der Waals surface area contributed by atoms with Crippen LogP contribution in [0.1, 0.15) is 40.6 Å². The number of rotatable bonds is 4. The van der Waals surface area contributed by atoms with Crippen LogP contribution < -0.4 is 14.8 Å². The predicted molar refractivity (Wildman–Crippen MR) is 101 cm³/mol. The molecule has 1 aromatic heterocycles. The fraction of sp³-hybridized carbons (Fsp3) is 0.318. The normalized spacial score (nSPS) is 16.9. The first-order valence-electron chi connectivity index (χ1n) is 9.39. The van der Waals surface area contributed by atoms with Crippen LogP contribution in [0.4, 0.5) is 0 Å². The maximum absolute atomic E-state index is 13.0. The van der Waals surface area contributed by atoms with Crippen molar-refractivity contribution >= 4 is 16.9 Å². The van der Waals surface area contributed by atoms with Gasteiger partial charge in [0.15, 0.2) is 17.3 Å². The first kappa shape index (κ1) is 16.2. The highest BCUT2D eigenvalue weighted by Crippen LogP contribution is 2.43. The Kier molecular flexibility index (Phi) is 3.81. The van der Waals surface area contributed by atoms with Gasteiger partial charge in [0.1, 0.15) is 18.8 Å². The van der Waals surface area contributed by atoms with E-state index >= 15 is 0 Å². The lowest BCUT2D eigenvalue weighted by molar-refractivity contribution is 0.0904. The zero-order valence-corrected chi connectivity index (χ0v) is 15.2. The molecule has 1 unspecified atom stereocenters. The van der Waals surface area contributed by atoms with Gasteiger partial charge in [0.05, 0.1) is 6.04 Å². The van der Waals surface area contributed by atoms with Crippen molar-refractivity contribution in [3.8, 4) is 11.5 Å². The van der Waals surface area contributed by atoms with Crippen molar-refractivity contribution in [1.29, 1.82) is 0 Å². The summed E-state index contributed by atoms with van der Waals surface area (Å²) in [4.78, 5) is 13.0. The second-order valence-electron chi connectivity index (χ2n) is 7.24. The molecule has 27 heavy (non-hydrogen) atoms. The minimum atomic E-state index is -0.171. The van der Waals surface area contributed by atoms with E-state index in [-0.39, 0.29) is 11.9 Å². The van der Waals surface area contributed by atoms with E-state index in [0.29, 0.717) is 24.9 Å². The highest BCUT2D eigenvalue weighted by Gasteiger charge is 2.35. The van der Waals surface area contributed by atoms with Crippen LogP contribution in [-0.2, 0) is 0 Å². The Morgan fingerprint density at radius 2 is 1.85 bits per heavy atom. The average molecular weight is 363 g/mol. The molecule has 5 heteroatoms. The molecular weight excluding hydrogens is 342 g/mol. The van der Waals surface area contributed by atoms with Crippen molar-refractivity contribution in [1.82, 2.24) is 5.32 Å². The summed E-state index contributed by atoms with van der Waals surface area (Å²) in [6.45, 7) is 3.05. The summed E-state index contributed by atoms with van der Waals surface area (Å²) in [5.74, 6) is 2.17. The largest absolute Gasteiger partial charge is 0.486 e. The third-order valence-electron chi connectivity index (χ3n) is 5.36. The molecule has 1 atom stereocenters. The van der Waals surface area contributed by atoms with Crippen LogP contribution in [0.2, 0.25) is 0 Å². The maximum atomic E-state index is 13.0. The lowest BCUT2D eigenvalue weighted by atomic mass is 10.0. The number of hydrogen-bond acceptors (Lipinski definition) is 4. The minimum absolute atomic E-state index is 0.0547. The number of carbonyl (C=O) groups is 1. The number of fused-ring (bicyclic) bond motifs is 2. The number of hydrogen-bond donors (Lipinski definition) is 1. The molecule has 1 fully saturated rings. The summed E-state index contributed by atoms with van der Waals surface area (Å²) in [5.41, 5.74) is 2.66. The predicted octanol–water partition coefficient (Wildman–Crippen LogP) is 4.39. The Labute approximate surface area is 157 Å². The van der Waals surface area contributed by atoms with Gasteiger partial charge in [0.25, 0.3) is 5.91 Å². The third-order valence-corrected chi connectivity index (χ3v) is 5.36. The SMILES string of the molecule is Cc1c(C(=O)NC(c2ccc3c(c2)OCCO3)C2CC2)oc2ccccc12. The molecule has 5 nitrogen and oxygen atoms in total. The van der Waals surface area contributed by atoms with Crippen LogP contribution >= 0.6 is 0 Å². The molecule has 0 bridgehead atoms. The van der Waals surface area contributed by atoms with Gasteiger partial charge in [-0.2, -0.15) is 0 Å². The van der Waals surface area contributed by atoms with Crippen molar-refractivity contribution in [2.75, 3.05) is 13.2 Å². The van der Waals surface area contributed by atoms with Crippen LogP contribution in [0, 0.1) is 12.8 Å². The second kappa shape index (κ2) is 6.34. The minimum Gasteiger partial charge on any atom is -0.486 e. The Morgan fingerprint density at radius 1 is 1.07 bits per heavy atom. The van der Waals surface area contributed by atoms with Gasteiger partial charge in [-0.25, -0.2) is 0 Å². The molecule has 1 aliphatic carbocycles. The zero-order chi connectivity index (χ0) is 18.4. The van der Waals surface area contributed by atoms with E-state index in [4.69, 9.17) is 13.9 Å². The molecule has 0 saturated heterocycles. The lowest BCUT2D eigenvalue weighted by Crippen LogP contribution is -2.30. The standard InChI is InChI=1S/C22H21NO4/c1-13-16-4-2-3-5-17(16)27-21(13)22(24)23-20(14-6-7-14)15-8-9-18-19(12-15)26-11-10-25-18/h2-5,8-9,12,14,20H,6-7,10-11H2,1H3,(H,23,24). The summed E-state index contributed by atoms with van der Waals surface area (Å²) >= 11 is 0. The fourth-order valence-corrected chi connectivity index (χ4v) is 3.75. The van der Waals surface area contributed by atoms with Crippen LogP contribution in [0.25, 0.3) is 11.0 Å². The first-order chi connectivity index (χ1) is 13.2. The van der Waals surface area contributed by atoms with Crippen molar-refractivity contribution in [2.45, 2.75) is 25.8 Å². The number of amides is 1. The van der Waals surface area contributed by atoms with E-state index in [1.54, 1.807) is 0 Å². The number of ether oxygens (including phenoxy) is 2. The van der Waals surface area contributed by atoms with Crippen molar-refractivity contribution in [3.63, 3.8) is 0 Å². The van der Waals surface area contributed by atoms with Crippen LogP contribution in [0.5, 0.6) is 11.5 Å². The summed E-state index contributed by atoms with van der Waals surface area (Å²) in [6, 6.07) is 13.6. The Morgan fingerprint density at radius 3 is 2.63 bits per heavy atom. The second-order valence-corrected chi connectivity index (χ2v) is 7.24. The number of furan rings is 1. The molecule has 0 radical (unpaired) electrons. The smallest absolute Gasteiger partial charge is 0.287 e. The Hall–Kier alpha value is -2.95. The van der Waals surface area contributed by atoms with Crippen LogP contribution in [0.3, 0.4) is 0 Å². The van der Waals surface area contributed by atoms with Crippen molar-refractivity contribution in [3.05, 3.63) is 59.4 Å². The van der Waals surface area contributed by atoms with Gasteiger partial charge < -0.3 is 19.2 Å². The Balaban J connectivity index is 1.44. The fourth-order valence-electron chi connectivity index (χ4n) is 3.75. The molecule has 1 aliphatic heterocycles. The molecule has 1 amide bonds. The average Bonchev–Trinajstić information content (AvgIpc) is 3.49. The van der Waals surface area contributed by atoms with Gasteiger partial charge in [-0.3, -0.25) is 4.79 Å². The Bertz CT molecular complexity index is 1020. The highest BCUT2D eigenvalue weighted by atomic mass is 16.6. The van der Waals surface area contributed by atoms with Gasteiger partial charge in [0, 0.05) is 10.9 Å². The first-order valence-corrected chi connectivity index (χ1v) is 9.39. The van der Waals surface area contributed by atoms with E-state index in [0.717, 1.165) is 46.4 Å². The van der Waals surface area contributed by atoms with Crippen molar-refractivity contribution in [2.24, 2.45) is 5.92 Å². The quantitative estimate of drug-likeness (QED) is 0.747. The number of para-hydroxylation sites is 1. The molecule has 1 N–H and O–H groups in total. The van der Waals surface area contributed by atoms with Gasteiger partial charge in [0.2, 0.25) is 0 Å². The van der Waals surface area contributed by atoms with E-state index in [2.05, 4.69) is 5.32 Å². The third kappa shape index (κ3) is 2.93. The van der Waals surface area contributed by atoms with E-state index in [1.165, 1.54) is 0 Å². The number of nitrogens with one attached hydrogen (secondary N) is 1.